The van der Waals surface area contributed by atoms with E-state index in [0.717, 1.165) is 37.6 Å². The van der Waals surface area contributed by atoms with Crippen molar-refractivity contribution in [3.05, 3.63) is 51.6 Å². The minimum absolute atomic E-state index is 0. The Bertz CT molecular complexity index is 913. The number of rotatable bonds is 7. The van der Waals surface area contributed by atoms with Crippen molar-refractivity contribution in [3.8, 4) is 0 Å². The van der Waals surface area contributed by atoms with Gasteiger partial charge >= 0.3 is 0 Å². The molecule has 0 bridgehead atoms. The summed E-state index contributed by atoms with van der Waals surface area (Å²) >= 11 is 1.75. The van der Waals surface area contributed by atoms with Crippen LogP contribution in [0.5, 0.6) is 0 Å². The highest BCUT2D eigenvalue weighted by Crippen LogP contribution is 2.20. The molecular weight excluding hydrogens is 481 g/mol. The van der Waals surface area contributed by atoms with E-state index in [1.54, 1.807) is 11.3 Å². The summed E-state index contributed by atoms with van der Waals surface area (Å²) in [5.41, 5.74) is 4.97. The highest BCUT2D eigenvalue weighted by Gasteiger charge is 2.07. The molecule has 0 aliphatic rings. The Morgan fingerprint density at radius 1 is 1.21 bits per heavy atom. The third-order valence-electron chi connectivity index (χ3n) is 4.57. The van der Waals surface area contributed by atoms with E-state index in [1.807, 2.05) is 7.05 Å². The first-order valence-corrected chi connectivity index (χ1v) is 10.4. The smallest absolute Gasteiger partial charge is 0.190 e. The molecule has 3 rings (SSSR count). The second-order valence-corrected chi connectivity index (χ2v) is 8.01. The number of H-pyrrole nitrogens is 1. The van der Waals surface area contributed by atoms with E-state index in [2.05, 4.69) is 76.1 Å². The van der Waals surface area contributed by atoms with Gasteiger partial charge in [-0.2, -0.15) is 0 Å². The van der Waals surface area contributed by atoms with Crippen molar-refractivity contribution >= 4 is 52.2 Å². The lowest BCUT2D eigenvalue weighted by Crippen LogP contribution is -2.39. The molecule has 2 aromatic heterocycles. The molecule has 0 fully saturated rings. The number of aryl methyl sites for hydroxylation is 1. The lowest BCUT2D eigenvalue weighted by Gasteiger charge is -2.11. The van der Waals surface area contributed by atoms with E-state index in [4.69, 9.17) is 0 Å². The number of aliphatic imine (C=N–C) groups is 1. The Labute approximate surface area is 188 Å². The van der Waals surface area contributed by atoms with Crippen molar-refractivity contribution in [2.24, 2.45) is 4.99 Å². The first-order valence-electron chi connectivity index (χ1n) is 9.52. The van der Waals surface area contributed by atoms with Crippen molar-refractivity contribution in [2.45, 2.75) is 39.5 Å². The number of nitrogens with one attached hydrogen (secondary N) is 3. The second-order valence-electron chi connectivity index (χ2n) is 7.12. The number of fused-ring (bicyclic) bond motifs is 1. The number of halogens is 1. The van der Waals surface area contributed by atoms with Crippen LogP contribution in [0.15, 0.2) is 34.8 Å². The third kappa shape index (κ3) is 5.94. The lowest BCUT2D eigenvalue weighted by atomic mass is 10.1. The fourth-order valence-corrected chi connectivity index (χ4v) is 3.92. The van der Waals surface area contributed by atoms with Gasteiger partial charge in [0.05, 0.1) is 10.7 Å². The van der Waals surface area contributed by atoms with Gasteiger partial charge in [-0.15, -0.1) is 35.3 Å². The van der Waals surface area contributed by atoms with Crippen LogP contribution in [0.2, 0.25) is 0 Å². The van der Waals surface area contributed by atoms with Gasteiger partial charge < -0.3 is 15.6 Å². The van der Waals surface area contributed by atoms with Gasteiger partial charge in [0.15, 0.2) is 5.96 Å². The molecule has 0 amide bonds. The third-order valence-corrected chi connectivity index (χ3v) is 5.76. The average Bonchev–Trinajstić information content (AvgIpc) is 3.27. The summed E-state index contributed by atoms with van der Waals surface area (Å²) in [6, 6.07) is 6.55. The zero-order valence-electron chi connectivity index (χ0n) is 17.0. The first-order chi connectivity index (χ1) is 13.1. The molecule has 2 heterocycles. The zero-order valence-corrected chi connectivity index (χ0v) is 20.2. The number of hydrogen-bond acceptors (Lipinski definition) is 3. The minimum atomic E-state index is 0. The van der Waals surface area contributed by atoms with Crippen LogP contribution in [0.25, 0.3) is 10.9 Å². The number of hydrogen-bond donors (Lipinski definition) is 3. The summed E-state index contributed by atoms with van der Waals surface area (Å²) in [4.78, 5) is 12.4. The van der Waals surface area contributed by atoms with Crippen LogP contribution < -0.4 is 10.6 Å². The van der Waals surface area contributed by atoms with E-state index < -0.39 is 0 Å². The maximum atomic E-state index is 4.68. The molecule has 0 atom stereocenters. The molecular formula is C21H30IN5S. The predicted molar refractivity (Wildman–Crippen MR) is 131 cm³/mol. The number of guanidine groups is 1. The Morgan fingerprint density at radius 2 is 1.96 bits per heavy atom. The summed E-state index contributed by atoms with van der Waals surface area (Å²) in [7, 11) is 1.81. The standard InChI is InChI=1S/C21H29N5S.HI/c1-14(2)20-26-17(13-27-20)8-10-24-21(22-4)23-9-7-16-12-25-19-11-15(3)5-6-18(16)19;/h5-6,11-14,25H,7-10H2,1-4H3,(H2,22,23,24);1H. The van der Waals surface area contributed by atoms with E-state index in [9.17, 15) is 0 Å². The molecule has 1 aromatic carbocycles. The van der Waals surface area contributed by atoms with Crippen molar-refractivity contribution < 1.29 is 0 Å². The zero-order chi connectivity index (χ0) is 19.2. The molecule has 7 heteroatoms. The Balaban J connectivity index is 0.00000280. The number of benzene rings is 1. The van der Waals surface area contributed by atoms with Crippen LogP contribution in [0, 0.1) is 6.92 Å². The SMILES string of the molecule is CN=C(NCCc1csc(C(C)C)n1)NCCc1c[nH]c2cc(C)ccc12.I. The van der Waals surface area contributed by atoms with E-state index in [0.29, 0.717) is 5.92 Å². The highest BCUT2D eigenvalue weighted by molar-refractivity contribution is 14.0. The molecule has 28 heavy (non-hydrogen) atoms. The van der Waals surface area contributed by atoms with Gasteiger partial charge in [0, 0.05) is 55.0 Å². The molecule has 5 nitrogen and oxygen atoms in total. The maximum absolute atomic E-state index is 4.68. The Morgan fingerprint density at radius 3 is 2.64 bits per heavy atom. The van der Waals surface area contributed by atoms with E-state index in [1.165, 1.54) is 27.0 Å². The summed E-state index contributed by atoms with van der Waals surface area (Å²) in [5.74, 6) is 1.34. The number of nitrogens with zero attached hydrogens (tertiary/aromatic N) is 2. The summed E-state index contributed by atoms with van der Waals surface area (Å²) in [6.45, 7) is 8.15. The quantitative estimate of drug-likeness (QED) is 0.246. The lowest BCUT2D eigenvalue weighted by molar-refractivity contribution is 0.772. The van der Waals surface area contributed by atoms with Crippen LogP contribution in [-0.2, 0) is 12.8 Å². The van der Waals surface area contributed by atoms with Crippen molar-refractivity contribution in [3.63, 3.8) is 0 Å². The fourth-order valence-electron chi connectivity index (χ4n) is 3.05. The molecule has 152 valence electrons. The molecule has 3 N–H and O–H groups in total. The Hall–Kier alpha value is -1.61. The van der Waals surface area contributed by atoms with Crippen molar-refractivity contribution in [1.29, 1.82) is 0 Å². The molecule has 0 aliphatic carbocycles. The maximum Gasteiger partial charge on any atom is 0.190 e. The minimum Gasteiger partial charge on any atom is -0.361 e. The fraction of sp³-hybridized carbons (Fsp3) is 0.429. The topological polar surface area (TPSA) is 65.1 Å². The van der Waals surface area contributed by atoms with Gasteiger partial charge in [-0.25, -0.2) is 4.98 Å². The van der Waals surface area contributed by atoms with E-state index >= 15 is 0 Å². The van der Waals surface area contributed by atoms with E-state index in [-0.39, 0.29) is 24.0 Å². The van der Waals surface area contributed by atoms with Gasteiger partial charge in [-0.05, 0) is 30.5 Å². The summed E-state index contributed by atoms with van der Waals surface area (Å²) < 4.78 is 0. The molecule has 0 spiro atoms. The van der Waals surface area contributed by atoms with Crippen LogP contribution in [0.1, 0.15) is 41.6 Å². The van der Waals surface area contributed by atoms with Crippen molar-refractivity contribution in [1.82, 2.24) is 20.6 Å². The summed E-state index contributed by atoms with van der Waals surface area (Å²) in [5, 5.41) is 11.4. The van der Waals surface area contributed by atoms with Gasteiger partial charge in [0.25, 0.3) is 0 Å². The van der Waals surface area contributed by atoms with Gasteiger partial charge in [-0.3, -0.25) is 4.99 Å². The average molecular weight is 511 g/mol. The number of aromatic amines is 1. The molecule has 3 aromatic rings. The monoisotopic (exact) mass is 511 g/mol. The molecule has 0 aliphatic heterocycles. The van der Waals surface area contributed by atoms with Gasteiger partial charge in [-0.1, -0.05) is 26.0 Å². The first kappa shape index (κ1) is 22.7. The Kier molecular flexibility index (Phi) is 8.75. The summed E-state index contributed by atoms with van der Waals surface area (Å²) in [6.07, 6.45) is 3.97. The van der Waals surface area contributed by atoms with Crippen LogP contribution >= 0.6 is 35.3 Å². The van der Waals surface area contributed by atoms with Crippen LogP contribution in [-0.4, -0.2) is 36.1 Å². The molecule has 0 unspecified atom stereocenters. The van der Waals surface area contributed by atoms with Gasteiger partial charge in [0.2, 0.25) is 0 Å². The predicted octanol–water partition coefficient (Wildman–Crippen LogP) is 4.62. The second kappa shape index (κ2) is 10.8. The van der Waals surface area contributed by atoms with Crippen LogP contribution in [0.3, 0.4) is 0 Å². The molecule has 0 radical (unpaired) electrons. The number of aromatic nitrogens is 2. The van der Waals surface area contributed by atoms with Gasteiger partial charge in [0.1, 0.15) is 0 Å². The highest BCUT2D eigenvalue weighted by atomic mass is 127. The normalized spacial score (nSPS) is 11.7. The molecule has 0 saturated carbocycles. The van der Waals surface area contributed by atoms with Crippen LogP contribution in [0.4, 0.5) is 0 Å². The molecule has 0 saturated heterocycles. The van der Waals surface area contributed by atoms with Crippen molar-refractivity contribution in [2.75, 3.05) is 20.1 Å². The number of thiazole rings is 1. The largest absolute Gasteiger partial charge is 0.361 e.